The molecule has 0 spiro atoms. The van der Waals surface area contributed by atoms with Crippen LogP contribution in [0.3, 0.4) is 0 Å². The minimum Gasteiger partial charge on any atom is -0.467 e. The van der Waals surface area contributed by atoms with Crippen molar-refractivity contribution in [3.8, 4) is 0 Å². The summed E-state index contributed by atoms with van der Waals surface area (Å²) in [5.74, 6) is -0.499. The number of ether oxygens (including phenoxy) is 1. The molecule has 11 heavy (non-hydrogen) atoms. The molecule has 0 aliphatic heterocycles. The number of rotatable bonds is 4. The Kier molecular flexibility index (Phi) is 4.86. The third-order valence-corrected chi connectivity index (χ3v) is 1.94. The van der Waals surface area contributed by atoms with Gasteiger partial charge >= 0.3 is 5.97 Å². The molecule has 0 aromatic heterocycles. The number of aliphatic hydroxyl groups excluding tert-OH is 1. The van der Waals surface area contributed by atoms with E-state index >= 15 is 0 Å². The molecule has 1 atom stereocenters. The van der Waals surface area contributed by atoms with Crippen LogP contribution in [0.5, 0.6) is 0 Å². The molecule has 0 amide bonds. The average Bonchev–Trinajstić information content (AvgIpc) is 2.05. The van der Waals surface area contributed by atoms with Crippen molar-refractivity contribution in [1.82, 2.24) is 0 Å². The number of hydrogen-bond acceptors (Lipinski definition) is 3. The predicted octanol–water partition coefficient (Wildman–Crippen LogP) is 0.956. The van der Waals surface area contributed by atoms with Crippen molar-refractivity contribution >= 4 is 5.97 Å². The van der Waals surface area contributed by atoms with E-state index in [4.69, 9.17) is 0 Å². The van der Waals surface area contributed by atoms with Gasteiger partial charge in [-0.1, -0.05) is 26.7 Å². The van der Waals surface area contributed by atoms with Gasteiger partial charge in [-0.3, -0.25) is 0 Å². The second-order valence-electron chi connectivity index (χ2n) is 2.54. The lowest BCUT2D eigenvalue weighted by Crippen LogP contribution is -2.29. The van der Waals surface area contributed by atoms with Gasteiger partial charge in [-0.05, 0) is 5.92 Å². The minimum absolute atomic E-state index is 0.0300. The summed E-state index contributed by atoms with van der Waals surface area (Å²) in [6.07, 6.45) is 0.648. The van der Waals surface area contributed by atoms with Gasteiger partial charge in [-0.2, -0.15) is 0 Å². The third kappa shape index (κ3) is 2.89. The van der Waals surface area contributed by atoms with Gasteiger partial charge in [0, 0.05) is 0 Å². The van der Waals surface area contributed by atoms with Crippen molar-refractivity contribution in [3.05, 3.63) is 0 Å². The monoisotopic (exact) mass is 160 g/mol. The second kappa shape index (κ2) is 5.13. The van der Waals surface area contributed by atoms with Gasteiger partial charge in [0.1, 0.15) is 0 Å². The third-order valence-electron chi connectivity index (χ3n) is 1.94. The van der Waals surface area contributed by atoms with Crippen LogP contribution in [0.1, 0.15) is 26.7 Å². The van der Waals surface area contributed by atoms with Crippen molar-refractivity contribution in [2.45, 2.75) is 32.8 Å². The van der Waals surface area contributed by atoms with Crippen LogP contribution in [0.4, 0.5) is 0 Å². The van der Waals surface area contributed by atoms with E-state index < -0.39 is 12.1 Å². The van der Waals surface area contributed by atoms with E-state index in [9.17, 15) is 9.90 Å². The average molecular weight is 160 g/mol. The number of carbonyl (C=O) groups is 1. The highest BCUT2D eigenvalue weighted by Gasteiger charge is 2.23. The molecule has 0 unspecified atom stereocenters. The van der Waals surface area contributed by atoms with Crippen molar-refractivity contribution in [2.24, 2.45) is 5.92 Å². The summed E-state index contributed by atoms with van der Waals surface area (Å²) in [6.45, 7) is 3.89. The Hall–Kier alpha value is -0.570. The maximum atomic E-state index is 10.8. The Bertz CT molecular complexity index is 119. The molecule has 0 saturated carbocycles. The van der Waals surface area contributed by atoms with Crippen molar-refractivity contribution in [1.29, 1.82) is 0 Å². The lowest BCUT2D eigenvalue weighted by molar-refractivity contribution is -0.153. The summed E-state index contributed by atoms with van der Waals surface area (Å²) in [5, 5.41) is 9.30. The molecule has 0 rings (SSSR count). The SMILES string of the molecule is CCC(CC)[C@@H](O)C(=O)OC. The molecular weight excluding hydrogens is 144 g/mol. The fourth-order valence-corrected chi connectivity index (χ4v) is 1.05. The molecule has 0 heterocycles. The highest BCUT2D eigenvalue weighted by atomic mass is 16.5. The van der Waals surface area contributed by atoms with Gasteiger partial charge in [0.2, 0.25) is 0 Å². The van der Waals surface area contributed by atoms with E-state index in [0.29, 0.717) is 0 Å². The maximum Gasteiger partial charge on any atom is 0.334 e. The van der Waals surface area contributed by atoms with Gasteiger partial charge in [-0.15, -0.1) is 0 Å². The first-order valence-corrected chi connectivity index (χ1v) is 3.93. The summed E-state index contributed by atoms with van der Waals surface area (Å²) >= 11 is 0. The largest absolute Gasteiger partial charge is 0.467 e. The Balaban J connectivity index is 3.97. The quantitative estimate of drug-likeness (QED) is 0.623. The first-order chi connectivity index (χ1) is 5.17. The van der Waals surface area contributed by atoms with E-state index in [1.54, 1.807) is 0 Å². The first-order valence-electron chi connectivity index (χ1n) is 3.93. The number of esters is 1. The molecule has 0 saturated heterocycles. The van der Waals surface area contributed by atoms with E-state index in [2.05, 4.69) is 4.74 Å². The van der Waals surface area contributed by atoms with Gasteiger partial charge in [-0.25, -0.2) is 4.79 Å². The first kappa shape index (κ1) is 10.4. The summed E-state index contributed by atoms with van der Waals surface area (Å²) in [6, 6.07) is 0. The highest BCUT2D eigenvalue weighted by molar-refractivity contribution is 5.74. The smallest absolute Gasteiger partial charge is 0.334 e. The Morgan fingerprint density at radius 2 is 1.91 bits per heavy atom. The topological polar surface area (TPSA) is 46.5 Å². The van der Waals surface area contributed by atoms with Gasteiger partial charge in [0.15, 0.2) is 6.10 Å². The summed E-state index contributed by atoms with van der Waals surface area (Å²) < 4.78 is 4.41. The molecule has 0 radical (unpaired) electrons. The van der Waals surface area contributed by atoms with Crippen LogP contribution >= 0.6 is 0 Å². The van der Waals surface area contributed by atoms with E-state index in [0.717, 1.165) is 12.8 Å². The van der Waals surface area contributed by atoms with E-state index in [-0.39, 0.29) is 5.92 Å². The molecule has 3 heteroatoms. The van der Waals surface area contributed by atoms with Crippen molar-refractivity contribution in [2.75, 3.05) is 7.11 Å². The molecule has 0 aromatic rings. The molecule has 0 bridgehead atoms. The van der Waals surface area contributed by atoms with Crippen LogP contribution in [-0.2, 0) is 9.53 Å². The van der Waals surface area contributed by atoms with Crippen LogP contribution in [0, 0.1) is 5.92 Å². The summed E-state index contributed by atoms with van der Waals surface area (Å²) in [4.78, 5) is 10.8. The lowest BCUT2D eigenvalue weighted by atomic mass is 9.97. The van der Waals surface area contributed by atoms with Crippen LogP contribution in [0.25, 0.3) is 0 Å². The van der Waals surface area contributed by atoms with Crippen LogP contribution in [0.15, 0.2) is 0 Å². The zero-order valence-electron chi connectivity index (χ0n) is 7.33. The molecule has 0 aromatic carbocycles. The zero-order chi connectivity index (χ0) is 8.85. The van der Waals surface area contributed by atoms with Gasteiger partial charge < -0.3 is 9.84 Å². The standard InChI is InChI=1S/C8H16O3/c1-4-6(5-2)7(9)8(10)11-3/h6-7,9H,4-5H2,1-3H3/t7-/m1/s1. The Morgan fingerprint density at radius 1 is 1.45 bits per heavy atom. The number of aliphatic hydroxyl groups is 1. The highest BCUT2D eigenvalue weighted by Crippen LogP contribution is 2.13. The zero-order valence-corrected chi connectivity index (χ0v) is 7.33. The molecule has 0 aliphatic carbocycles. The van der Waals surface area contributed by atoms with Gasteiger partial charge in [0.25, 0.3) is 0 Å². The van der Waals surface area contributed by atoms with E-state index in [1.165, 1.54) is 7.11 Å². The fraction of sp³-hybridized carbons (Fsp3) is 0.875. The normalized spacial score (nSPS) is 13.2. The Morgan fingerprint density at radius 3 is 2.18 bits per heavy atom. The summed E-state index contributed by atoms with van der Waals surface area (Å²) in [7, 11) is 1.29. The molecular formula is C8H16O3. The maximum absolute atomic E-state index is 10.8. The second-order valence-corrected chi connectivity index (χ2v) is 2.54. The molecule has 66 valence electrons. The van der Waals surface area contributed by atoms with E-state index in [1.807, 2.05) is 13.8 Å². The van der Waals surface area contributed by atoms with Crippen molar-refractivity contribution < 1.29 is 14.6 Å². The molecule has 1 N–H and O–H groups in total. The summed E-state index contributed by atoms with van der Waals surface area (Å²) in [5.41, 5.74) is 0. The number of hydrogen-bond donors (Lipinski definition) is 1. The number of methoxy groups -OCH3 is 1. The number of carbonyl (C=O) groups excluding carboxylic acids is 1. The molecule has 3 nitrogen and oxygen atoms in total. The predicted molar refractivity (Wildman–Crippen MR) is 42.1 cm³/mol. The molecule has 0 aliphatic rings. The molecule has 0 fully saturated rings. The Labute approximate surface area is 67.4 Å². The van der Waals surface area contributed by atoms with Crippen LogP contribution in [0.2, 0.25) is 0 Å². The minimum atomic E-state index is -0.949. The lowest BCUT2D eigenvalue weighted by Gasteiger charge is -2.16. The fourth-order valence-electron chi connectivity index (χ4n) is 1.05. The van der Waals surface area contributed by atoms with Crippen LogP contribution < -0.4 is 0 Å². The van der Waals surface area contributed by atoms with Gasteiger partial charge in [0.05, 0.1) is 7.11 Å². The van der Waals surface area contributed by atoms with Crippen molar-refractivity contribution in [3.63, 3.8) is 0 Å². The van der Waals surface area contributed by atoms with Crippen LogP contribution in [-0.4, -0.2) is 24.3 Å².